The lowest BCUT2D eigenvalue weighted by Crippen LogP contribution is -2.33. The van der Waals surface area contributed by atoms with Crippen molar-refractivity contribution < 1.29 is 4.79 Å². The zero-order valence-electron chi connectivity index (χ0n) is 9.23. The number of anilines is 1. The fourth-order valence-corrected chi connectivity index (χ4v) is 1.16. The first-order valence-corrected chi connectivity index (χ1v) is 5.23. The molecule has 84 valence electrons. The molecule has 1 heterocycles. The molecular weight excluding hydrogens is 192 g/mol. The molecule has 5 heteroatoms. The van der Waals surface area contributed by atoms with Gasteiger partial charge < -0.3 is 11.1 Å². The molecule has 0 aliphatic rings. The van der Waals surface area contributed by atoms with Crippen LogP contribution in [0.2, 0.25) is 0 Å². The van der Waals surface area contributed by atoms with E-state index in [9.17, 15) is 4.79 Å². The third-order valence-electron chi connectivity index (χ3n) is 2.10. The number of carbonyl (C=O) groups excluding carboxylic acids is 1. The van der Waals surface area contributed by atoms with Crippen molar-refractivity contribution in [3.63, 3.8) is 0 Å². The Morgan fingerprint density at radius 2 is 2.47 bits per heavy atom. The van der Waals surface area contributed by atoms with Crippen LogP contribution in [0.1, 0.15) is 26.7 Å². The quantitative estimate of drug-likeness (QED) is 0.760. The van der Waals surface area contributed by atoms with Gasteiger partial charge in [-0.15, -0.1) is 0 Å². The van der Waals surface area contributed by atoms with Crippen LogP contribution in [0.25, 0.3) is 0 Å². The normalized spacial score (nSPS) is 12.5. The smallest absolute Gasteiger partial charge is 0.242 e. The largest absolute Gasteiger partial charge is 0.320 e. The van der Waals surface area contributed by atoms with Gasteiger partial charge in [-0.05, 0) is 13.3 Å². The summed E-state index contributed by atoms with van der Waals surface area (Å²) in [4.78, 5) is 11.4. The number of nitrogens with zero attached hydrogens (tertiary/aromatic N) is 2. The summed E-state index contributed by atoms with van der Waals surface area (Å²) in [5.74, 6) is 0.527. The molecule has 0 saturated heterocycles. The van der Waals surface area contributed by atoms with Crippen LogP contribution in [0.3, 0.4) is 0 Å². The highest BCUT2D eigenvalue weighted by molar-refractivity contribution is 5.93. The average Bonchev–Trinajstić information content (AvgIpc) is 2.62. The summed E-state index contributed by atoms with van der Waals surface area (Å²) >= 11 is 0. The van der Waals surface area contributed by atoms with Crippen molar-refractivity contribution in [1.29, 1.82) is 0 Å². The number of unbranched alkanes of at least 4 members (excludes halogenated alkanes) is 1. The number of hydrogen-bond acceptors (Lipinski definition) is 3. The number of amides is 1. The lowest BCUT2D eigenvalue weighted by molar-refractivity contribution is -0.117. The predicted molar refractivity (Wildman–Crippen MR) is 59.4 cm³/mol. The molecule has 0 fully saturated rings. The summed E-state index contributed by atoms with van der Waals surface area (Å²) in [6, 6.07) is 1.27. The molecular formula is C10H18N4O. The Kier molecular flexibility index (Phi) is 4.30. The molecule has 1 aromatic rings. The Bertz CT molecular complexity index is 319. The van der Waals surface area contributed by atoms with E-state index in [0.717, 1.165) is 19.4 Å². The third-order valence-corrected chi connectivity index (χ3v) is 2.10. The second kappa shape index (κ2) is 5.50. The highest BCUT2D eigenvalue weighted by atomic mass is 16.2. The summed E-state index contributed by atoms with van der Waals surface area (Å²) in [6.07, 6.45) is 3.82. The first kappa shape index (κ1) is 11.7. The SMILES string of the molecule is CCCCn1nccc1NC(=O)[C@H](C)N. The molecule has 0 aliphatic carbocycles. The van der Waals surface area contributed by atoms with E-state index in [0.29, 0.717) is 5.82 Å². The first-order valence-electron chi connectivity index (χ1n) is 5.23. The first-order chi connectivity index (χ1) is 7.15. The minimum absolute atomic E-state index is 0.187. The Balaban J connectivity index is 2.60. The lowest BCUT2D eigenvalue weighted by Gasteiger charge is -2.09. The van der Waals surface area contributed by atoms with Gasteiger partial charge in [0.2, 0.25) is 5.91 Å². The van der Waals surface area contributed by atoms with Gasteiger partial charge in [-0.1, -0.05) is 13.3 Å². The van der Waals surface area contributed by atoms with Crippen LogP contribution in [0.4, 0.5) is 5.82 Å². The van der Waals surface area contributed by atoms with E-state index in [2.05, 4.69) is 17.3 Å². The van der Waals surface area contributed by atoms with Gasteiger partial charge in [0.1, 0.15) is 5.82 Å². The number of carbonyl (C=O) groups is 1. The summed E-state index contributed by atoms with van der Waals surface area (Å²) in [5.41, 5.74) is 5.46. The van der Waals surface area contributed by atoms with Crippen molar-refractivity contribution in [2.45, 2.75) is 39.3 Å². The molecule has 1 aromatic heterocycles. The monoisotopic (exact) mass is 210 g/mol. The van der Waals surface area contributed by atoms with Gasteiger partial charge in [0.25, 0.3) is 0 Å². The Morgan fingerprint density at radius 1 is 1.73 bits per heavy atom. The maximum absolute atomic E-state index is 11.4. The van der Waals surface area contributed by atoms with Crippen molar-refractivity contribution in [3.05, 3.63) is 12.3 Å². The standard InChI is InChI=1S/C10H18N4O/c1-3-4-7-14-9(5-6-12-14)13-10(15)8(2)11/h5-6,8H,3-4,7,11H2,1-2H3,(H,13,15)/t8-/m0/s1. The van der Waals surface area contributed by atoms with Gasteiger partial charge in [0.15, 0.2) is 0 Å². The number of hydrogen-bond donors (Lipinski definition) is 2. The lowest BCUT2D eigenvalue weighted by atomic mass is 10.3. The zero-order chi connectivity index (χ0) is 11.3. The molecule has 0 bridgehead atoms. The summed E-state index contributed by atoms with van der Waals surface area (Å²) < 4.78 is 1.78. The number of nitrogens with two attached hydrogens (primary N) is 1. The molecule has 0 saturated carbocycles. The molecule has 0 radical (unpaired) electrons. The summed E-state index contributed by atoms with van der Waals surface area (Å²) in [5, 5.41) is 6.86. The van der Waals surface area contributed by atoms with E-state index in [1.807, 2.05) is 0 Å². The molecule has 0 spiro atoms. The second-order valence-corrected chi connectivity index (χ2v) is 3.57. The molecule has 1 atom stereocenters. The van der Waals surface area contributed by atoms with Gasteiger partial charge in [-0.2, -0.15) is 5.10 Å². The van der Waals surface area contributed by atoms with E-state index in [1.54, 1.807) is 23.9 Å². The number of rotatable bonds is 5. The van der Waals surface area contributed by atoms with E-state index in [4.69, 9.17) is 5.73 Å². The van der Waals surface area contributed by atoms with Gasteiger partial charge in [-0.25, -0.2) is 4.68 Å². The van der Waals surface area contributed by atoms with Crippen LogP contribution >= 0.6 is 0 Å². The Morgan fingerprint density at radius 3 is 3.07 bits per heavy atom. The van der Waals surface area contributed by atoms with Crippen molar-refractivity contribution >= 4 is 11.7 Å². The summed E-state index contributed by atoms with van der Waals surface area (Å²) in [6.45, 7) is 4.59. The van der Waals surface area contributed by atoms with E-state index in [-0.39, 0.29) is 5.91 Å². The Labute approximate surface area is 89.6 Å². The van der Waals surface area contributed by atoms with Crippen LogP contribution in [-0.4, -0.2) is 21.7 Å². The fourth-order valence-electron chi connectivity index (χ4n) is 1.16. The van der Waals surface area contributed by atoms with Crippen molar-refractivity contribution in [1.82, 2.24) is 9.78 Å². The van der Waals surface area contributed by atoms with Crippen LogP contribution < -0.4 is 11.1 Å². The topological polar surface area (TPSA) is 72.9 Å². The number of nitrogens with one attached hydrogen (secondary N) is 1. The second-order valence-electron chi connectivity index (χ2n) is 3.57. The molecule has 0 aromatic carbocycles. The third kappa shape index (κ3) is 3.36. The predicted octanol–water partition coefficient (Wildman–Crippen LogP) is 0.969. The van der Waals surface area contributed by atoms with Crippen molar-refractivity contribution in [2.75, 3.05) is 5.32 Å². The summed E-state index contributed by atoms with van der Waals surface area (Å²) in [7, 11) is 0. The van der Waals surface area contributed by atoms with Gasteiger partial charge in [0, 0.05) is 12.6 Å². The van der Waals surface area contributed by atoms with Gasteiger partial charge in [0.05, 0.1) is 12.2 Å². The molecule has 1 rings (SSSR count). The molecule has 1 amide bonds. The molecule has 0 unspecified atom stereocenters. The van der Waals surface area contributed by atoms with Gasteiger partial charge >= 0.3 is 0 Å². The van der Waals surface area contributed by atoms with Crippen molar-refractivity contribution in [2.24, 2.45) is 5.73 Å². The molecule has 5 nitrogen and oxygen atoms in total. The van der Waals surface area contributed by atoms with E-state index >= 15 is 0 Å². The minimum Gasteiger partial charge on any atom is -0.320 e. The van der Waals surface area contributed by atoms with Crippen LogP contribution in [0.5, 0.6) is 0 Å². The average molecular weight is 210 g/mol. The van der Waals surface area contributed by atoms with Gasteiger partial charge in [-0.3, -0.25) is 4.79 Å². The van der Waals surface area contributed by atoms with Crippen LogP contribution in [0, 0.1) is 0 Å². The van der Waals surface area contributed by atoms with Crippen molar-refractivity contribution in [3.8, 4) is 0 Å². The highest BCUT2D eigenvalue weighted by Gasteiger charge is 2.10. The molecule has 0 aliphatic heterocycles. The highest BCUT2D eigenvalue weighted by Crippen LogP contribution is 2.07. The van der Waals surface area contributed by atoms with E-state index in [1.165, 1.54) is 0 Å². The number of aryl methyl sites for hydroxylation is 1. The molecule has 3 N–H and O–H groups in total. The molecule has 15 heavy (non-hydrogen) atoms. The Hall–Kier alpha value is -1.36. The maximum Gasteiger partial charge on any atom is 0.242 e. The van der Waals surface area contributed by atoms with Crippen LogP contribution in [0.15, 0.2) is 12.3 Å². The fraction of sp³-hybridized carbons (Fsp3) is 0.600. The zero-order valence-corrected chi connectivity index (χ0v) is 9.23. The van der Waals surface area contributed by atoms with E-state index < -0.39 is 6.04 Å². The number of aromatic nitrogens is 2. The maximum atomic E-state index is 11.4. The minimum atomic E-state index is -0.500. The van der Waals surface area contributed by atoms with Crippen LogP contribution in [-0.2, 0) is 11.3 Å².